The number of nitrogens with zero attached hydrogens (tertiary/aromatic N) is 1. The van der Waals surface area contributed by atoms with Gasteiger partial charge in [0.2, 0.25) is 0 Å². The van der Waals surface area contributed by atoms with Crippen LogP contribution in [-0.4, -0.2) is 186 Å². The topological polar surface area (TPSA) is 260 Å². The summed E-state index contributed by atoms with van der Waals surface area (Å²) in [6, 6.07) is 0. The normalized spacial score (nSPS) is 18.5. The van der Waals surface area contributed by atoms with Gasteiger partial charge < -0.3 is 64.9 Å². The summed E-state index contributed by atoms with van der Waals surface area (Å²) >= 11 is 0. The van der Waals surface area contributed by atoms with Crippen LogP contribution in [0.5, 0.6) is 0 Å². The second kappa shape index (κ2) is 24.0. The van der Waals surface area contributed by atoms with E-state index in [1.165, 1.54) is 11.8 Å². The Hall–Kier alpha value is -0.640. The van der Waals surface area contributed by atoms with Crippen LogP contribution < -0.4 is 11.3 Å². The SMILES string of the molecule is C[C@H](CO)[C@@H](O)[C@H](O)[C@@H](O)CN(CCOCCOCCOCCOCCNN)C[C@H](O)[C@@H](O)[C@H](O)[C@H](O)CO. The van der Waals surface area contributed by atoms with E-state index in [1.54, 1.807) is 0 Å². The van der Waals surface area contributed by atoms with Crippen molar-refractivity contribution in [1.82, 2.24) is 10.3 Å². The summed E-state index contributed by atoms with van der Waals surface area (Å²) in [5.74, 6) is 4.42. The average Bonchev–Trinajstić information content (AvgIpc) is 2.94. The first-order valence-corrected chi connectivity index (χ1v) is 13.1. The third-order valence-corrected chi connectivity index (χ3v) is 5.89. The number of aliphatic hydroxyl groups excluding tert-OH is 9. The molecule has 0 aliphatic heterocycles. The first kappa shape index (κ1) is 38.4. The first-order chi connectivity index (χ1) is 18.6. The molecule has 0 spiro atoms. The fourth-order valence-corrected chi connectivity index (χ4v) is 3.32. The molecule has 16 heteroatoms. The van der Waals surface area contributed by atoms with E-state index in [0.717, 1.165) is 0 Å². The molecule has 16 nitrogen and oxygen atoms in total. The van der Waals surface area contributed by atoms with E-state index < -0.39 is 61.9 Å². The summed E-state index contributed by atoms with van der Waals surface area (Å²) in [7, 11) is 0. The zero-order valence-corrected chi connectivity index (χ0v) is 22.7. The molecule has 0 bridgehead atoms. The van der Waals surface area contributed by atoms with Gasteiger partial charge in [0.1, 0.15) is 24.4 Å². The number of hydrogen-bond acceptors (Lipinski definition) is 16. The average molecular weight is 578 g/mol. The van der Waals surface area contributed by atoms with Crippen LogP contribution in [-0.2, 0) is 18.9 Å². The summed E-state index contributed by atoms with van der Waals surface area (Å²) in [6.45, 7) is 3.05. The minimum absolute atomic E-state index is 0.109. The van der Waals surface area contributed by atoms with E-state index in [-0.39, 0.29) is 39.5 Å². The molecule has 12 N–H and O–H groups in total. The van der Waals surface area contributed by atoms with Gasteiger partial charge in [-0.2, -0.15) is 0 Å². The first-order valence-electron chi connectivity index (χ1n) is 13.1. The lowest BCUT2D eigenvalue weighted by atomic mass is 9.96. The third-order valence-electron chi connectivity index (χ3n) is 5.89. The number of hydrogen-bond donors (Lipinski definition) is 11. The van der Waals surface area contributed by atoms with Crippen molar-refractivity contribution in [3.8, 4) is 0 Å². The Bertz CT molecular complexity index is 527. The number of rotatable bonds is 27. The van der Waals surface area contributed by atoms with Gasteiger partial charge in [-0.25, -0.2) is 0 Å². The minimum Gasteiger partial charge on any atom is -0.396 e. The molecule has 0 aliphatic rings. The van der Waals surface area contributed by atoms with Crippen molar-refractivity contribution in [2.24, 2.45) is 11.8 Å². The number of hydrazine groups is 1. The fraction of sp³-hybridized carbons (Fsp3) is 1.00. The van der Waals surface area contributed by atoms with Gasteiger partial charge in [0.25, 0.3) is 0 Å². The maximum atomic E-state index is 10.4. The highest BCUT2D eigenvalue weighted by molar-refractivity contribution is 4.85. The lowest BCUT2D eigenvalue weighted by Gasteiger charge is -2.33. The number of nitrogens with two attached hydrogens (primary N) is 1. The largest absolute Gasteiger partial charge is 0.396 e. The van der Waals surface area contributed by atoms with Crippen LogP contribution in [0, 0.1) is 5.92 Å². The summed E-state index contributed by atoms with van der Waals surface area (Å²) < 4.78 is 21.5. The Labute approximate surface area is 229 Å². The maximum Gasteiger partial charge on any atom is 0.111 e. The summed E-state index contributed by atoms with van der Waals surface area (Å²) in [5.41, 5.74) is 2.47. The van der Waals surface area contributed by atoms with Crippen LogP contribution >= 0.6 is 0 Å². The van der Waals surface area contributed by atoms with Crippen molar-refractivity contribution < 1.29 is 64.9 Å². The predicted octanol–water partition coefficient (Wildman–Crippen LogP) is -6.03. The molecule has 0 aliphatic carbocycles. The lowest BCUT2D eigenvalue weighted by Crippen LogP contribution is -2.53. The van der Waals surface area contributed by atoms with E-state index >= 15 is 0 Å². The zero-order chi connectivity index (χ0) is 29.6. The van der Waals surface area contributed by atoms with E-state index in [4.69, 9.17) is 29.9 Å². The van der Waals surface area contributed by atoms with Gasteiger partial charge in [0.15, 0.2) is 0 Å². The number of ether oxygens (including phenoxy) is 4. The molecule has 0 radical (unpaired) electrons. The van der Waals surface area contributed by atoms with Crippen LogP contribution in [0.2, 0.25) is 0 Å². The fourth-order valence-electron chi connectivity index (χ4n) is 3.32. The quantitative estimate of drug-likeness (QED) is 0.0246. The molecule has 0 amide bonds. The van der Waals surface area contributed by atoms with Crippen LogP contribution in [0.1, 0.15) is 6.92 Å². The highest BCUT2D eigenvalue weighted by atomic mass is 16.6. The van der Waals surface area contributed by atoms with Crippen LogP contribution in [0.3, 0.4) is 0 Å². The Morgan fingerprint density at radius 1 is 0.590 bits per heavy atom. The Balaban J connectivity index is 4.56. The van der Waals surface area contributed by atoms with E-state index in [0.29, 0.717) is 39.6 Å². The molecule has 8 atom stereocenters. The Morgan fingerprint density at radius 2 is 1.00 bits per heavy atom. The minimum atomic E-state index is -1.83. The monoisotopic (exact) mass is 577 g/mol. The molecule has 0 heterocycles. The van der Waals surface area contributed by atoms with Crippen molar-refractivity contribution in [3.05, 3.63) is 0 Å². The van der Waals surface area contributed by atoms with Crippen LogP contribution in [0.4, 0.5) is 0 Å². The molecule has 0 aromatic carbocycles. The van der Waals surface area contributed by atoms with Gasteiger partial charge in [-0.3, -0.25) is 16.2 Å². The zero-order valence-electron chi connectivity index (χ0n) is 22.7. The Kier molecular flexibility index (Phi) is 23.6. The predicted molar refractivity (Wildman–Crippen MR) is 137 cm³/mol. The molecule has 0 saturated heterocycles. The van der Waals surface area contributed by atoms with Crippen molar-refractivity contribution >= 4 is 0 Å². The maximum absolute atomic E-state index is 10.4. The molecule has 0 saturated carbocycles. The van der Waals surface area contributed by atoms with E-state index in [1.807, 2.05) is 0 Å². The molecule has 0 unspecified atom stereocenters. The van der Waals surface area contributed by atoms with Gasteiger partial charge in [-0.1, -0.05) is 6.92 Å². The molecule has 236 valence electrons. The second-order valence-corrected chi connectivity index (χ2v) is 9.17. The van der Waals surface area contributed by atoms with Crippen LogP contribution in [0.15, 0.2) is 0 Å². The standard InChI is InChI=1S/C23H51N3O13/c1-16(14-27)20(32)21(33)17(29)12-26(13-18(30)22(34)23(35)19(31)15-28)3-5-37-7-9-39-11-10-38-8-6-36-4-2-25-24/h16-23,25,27-35H,2-15,24H2,1H3/t16-,17+,18+,19-,20-,21-,22-,23-/m1/s1. The smallest absolute Gasteiger partial charge is 0.111 e. The molecule has 0 fully saturated rings. The molecule has 39 heavy (non-hydrogen) atoms. The summed E-state index contributed by atoms with van der Waals surface area (Å²) in [4.78, 5) is 1.43. The van der Waals surface area contributed by atoms with Gasteiger partial charge in [-0.05, 0) is 0 Å². The van der Waals surface area contributed by atoms with E-state index in [2.05, 4.69) is 5.43 Å². The number of aliphatic hydroxyl groups is 9. The molecule has 0 aromatic rings. The van der Waals surface area contributed by atoms with Gasteiger partial charge in [0.05, 0.1) is 77.8 Å². The van der Waals surface area contributed by atoms with E-state index in [9.17, 15) is 40.9 Å². The molecular formula is C23H51N3O13. The van der Waals surface area contributed by atoms with Crippen LogP contribution in [0.25, 0.3) is 0 Å². The van der Waals surface area contributed by atoms with Gasteiger partial charge >= 0.3 is 0 Å². The van der Waals surface area contributed by atoms with Gasteiger partial charge in [0, 0.05) is 38.7 Å². The Morgan fingerprint density at radius 3 is 1.44 bits per heavy atom. The second-order valence-electron chi connectivity index (χ2n) is 9.17. The van der Waals surface area contributed by atoms with Crippen molar-refractivity contribution in [2.45, 2.75) is 49.7 Å². The molecular weight excluding hydrogens is 526 g/mol. The number of nitrogens with one attached hydrogen (secondary N) is 1. The third kappa shape index (κ3) is 17.7. The van der Waals surface area contributed by atoms with Crippen molar-refractivity contribution in [3.63, 3.8) is 0 Å². The summed E-state index contributed by atoms with van der Waals surface area (Å²) in [5, 5.41) is 88.7. The summed E-state index contributed by atoms with van der Waals surface area (Å²) in [6.07, 6.45) is -11.4. The molecule has 0 aromatic heterocycles. The highest BCUT2D eigenvalue weighted by Gasteiger charge is 2.33. The molecule has 0 rings (SSSR count). The van der Waals surface area contributed by atoms with Crippen molar-refractivity contribution in [2.75, 3.05) is 92.2 Å². The highest BCUT2D eigenvalue weighted by Crippen LogP contribution is 2.13. The lowest BCUT2D eigenvalue weighted by molar-refractivity contribution is -0.125. The van der Waals surface area contributed by atoms with Crippen molar-refractivity contribution in [1.29, 1.82) is 0 Å². The van der Waals surface area contributed by atoms with Gasteiger partial charge in [-0.15, -0.1) is 0 Å².